The largest absolute Gasteiger partial charge is 0.380 e. The zero-order chi connectivity index (χ0) is 11.4. The highest BCUT2D eigenvalue weighted by Gasteiger charge is 2.26. The minimum Gasteiger partial charge on any atom is -0.380 e. The summed E-state index contributed by atoms with van der Waals surface area (Å²) in [7, 11) is 0. The highest BCUT2D eigenvalue weighted by molar-refractivity contribution is 5.17. The lowest BCUT2D eigenvalue weighted by Gasteiger charge is -2.34. The van der Waals surface area contributed by atoms with E-state index in [9.17, 15) is 0 Å². The van der Waals surface area contributed by atoms with Gasteiger partial charge >= 0.3 is 0 Å². The Labute approximate surface area is 97.2 Å². The summed E-state index contributed by atoms with van der Waals surface area (Å²) >= 11 is 0. The zero-order valence-electron chi connectivity index (χ0n) is 10.1. The molecule has 0 amide bonds. The minimum atomic E-state index is 0.113. The molecule has 0 saturated carbocycles. The van der Waals surface area contributed by atoms with Gasteiger partial charge in [-0.25, -0.2) is 0 Å². The fourth-order valence-electron chi connectivity index (χ4n) is 2.07. The number of hydrogen-bond donors (Lipinski definition) is 1. The molecule has 1 N–H and O–H groups in total. The van der Waals surface area contributed by atoms with Crippen LogP contribution in [0.4, 0.5) is 0 Å². The van der Waals surface area contributed by atoms with Crippen LogP contribution in [0.3, 0.4) is 0 Å². The van der Waals surface area contributed by atoms with Crippen LogP contribution in [0, 0.1) is 6.92 Å². The summed E-state index contributed by atoms with van der Waals surface area (Å²) in [4.78, 5) is 4.39. The van der Waals surface area contributed by atoms with Gasteiger partial charge in [0.25, 0.3) is 0 Å². The summed E-state index contributed by atoms with van der Waals surface area (Å²) < 4.78 is 5.52. The van der Waals surface area contributed by atoms with Crippen molar-refractivity contribution in [2.24, 2.45) is 0 Å². The van der Waals surface area contributed by atoms with Crippen molar-refractivity contribution in [2.45, 2.75) is 38.8 Å². The van der Waals surface area contributed by atoms with Crippen molar-refractivity contribution in [3.63, 3.8) is 0 Å². The lowest BCUT2D eigenvalue weighted by molar-refractivity contribution is 0.0276. The van der Waals surface area contributed by atoms with E-state index < -0.39 is 0 Å². The van der Waals surface area contributed by atoms with Crippen LogP contribution in [0.15, 0.2) is 18.3 Å². The first kappa shape index (κ1) is 11.6. The van der Waals surface area contributed by atoms with Crippen LogP contribution in [0.1, 0.15) is 31.0 Å². The van der Waals surface area contributed by atoms with E-state index in [1.54, 1.807) is 0 Å². The Kier molecular flexibility index (Phi) is 3.56. The maximum absolute atomic E-state index is 5.52. The van der Waals surface area contributed by atoms with Gasteiger partial charge in [0.2, 0.25) is 0 Å². The molecule has 3 heteroatoms. The highest BCUT2D eigenvalue weighted by atomic mass is 16.5. The Balaban J connectivity index is 1.94. The third-order valence-electron chi connectivity index (χ3n) is 3.24. The van der Waals surface area contributed by atoms with E-state index in [1.165, 1.54) is 12.0 Å². The number of aryl methyl sites for hydroxylation is 1. The second-order valence-electron chi connectivity index (χ2n) is 4.84. The van der Waals surface area contributed by atoms with Crippen molar-refractivity contribution in [3.05, 3.63) is 29.6 Å². The number of rotatable bonds is 3. The molecule has 1 aromatic rings. The Hall–Kier alpha value is -0.930. The van der Waals surface area contributed by atoms with Crippen LogP contribution in [0.2, 0.25) is 0 Å². The minimum absolute atomic E-state index is 0.113. The molecular weight excluding hydrogens is 200 g/mol. The van der Waals surface area contributed by atoms with Crippen molar-refractivity contribution in [2.75, 3.05) is 13.2 Å². The highest BCUT2D eigenvalue weighted by Crippen LogP contribution is 2.19. The van der Waals surface area contributed by atoms with Gasteiger partial charge in [-0.1, -0.05) is 6.07 Å². The van der Waals surface area contributed by atoms with Crippen LogP contribution in [-0.2, 0) is 11.3 Å². The SMILES string of the molecule is Cc1cccnc1CNC1(C)CCCOC1. The van der Waals surface area contributed by atoms with E-state index in [0.29, 0.717) is 0 Å². The van der Waals surface area contributed by atoms with Crippen LogP contribution in [0.25, 0.3) is 0 Å². The molecule has 1 unspecified atom stereocenters. The van der Waals surface area contributed by atoms with Gasteiger partial charge in [0.1, 0.15) is 0 Å². The van der Waals surface area contributed by atoms with Crippen LogP contribution in [-0.4, -0.2) is 23.7 Å². The summed E-state index contributed by atoms with van der Waals surface area (Å²) in [6, 6.07) is 4.08. The van der Waals surface area contributed by atoms with E-state index in [-0.39, 0.29) is 5.54 Å². The van der Waals surface area contributed by atoms with Crippen molar-refractivity contribution in [1.29, 1.82) is 0 Å². The van der Waals surface area contributed by atoms with Gasteiger partial charge in [-0.2, -0.15) is 0 Å². The molecule has 88 valence electrons. The molecule has 1 atom stereocenters. The van der Waals surface area contributed by atoms with Crippen LogP contribution < -0.4 is 5.32 Å². The predicted molar refractivity (Wildman–Crippen MR) is 64.3 cm³/mol. The summed E-state index contributed by atoms with van der Waals surface area (Å²) in [6.07, 6.45) is 4.17. The van der Waals surface area contributed by atoms with Gasteiger partial charge in [-0.3, -0.25) is 4.98 Å². The molecule has 0 bridgehead atoms. The van der Waals surface area contributed by atoms with Gasteiger partial charge in [0.05, 0.1) is 12.3 Å². The van der Waals surface area contributed by atoms with Crippen LogP contribution in [0.5, 0.6) is 0 Å². The number of hydrogen-bond acceptors (Lipinski definition) is 3. The third kappa shape index (κ3) is 2.80. The normalized spacial score (nSPS) is 25.6. The van der Waals surface area contributed by atoms with E-state index in [1.807, 2.05) is 12.3 Å². The molecule has 1 aliphatic rings. The first-order valence-corrected chi connectivity index (χ1v) is 5.93. The zero-order valence-corrected chi connectivity index (χ0v) is 10.1. The summed E-state index contributed by atoms with van der Waals surface area (Å²) in [5, 5.41) is 3.57. The maximum atomic E-state index is 5.52. The summed E-state index contributed by atoms with van der Waals surface area (Å²) in [6.45, 7) is 6.86. The number of nitrogens with one attached hydrogen (secondary N) is 1. The fraction of sp³-hybridized carbons (Fsp3) is 0.615. The van der Waals surface area contributed by atoms with Crippen molar-refractivity contribution >= 4 is 0 Å². The molecule has 2 rings (SSSR count). The monoisotopic (exact) mass is 220 g/mol. The Morgan fingerprint density at radius 1 is 1.56 bits per heavy atom. The molecule has 0 radical (unpaired) electrons. The van der Waals surface area contributed by atoms with Crippen LogP contribution >= 0.6 is 0 Å². The molecule has 16 heavy (non-hydrogen) atoms. The molecule has 1 saturated heterocycles. The molecule has 0 spiro atoms. The molecule has 2 heterocycles. The average molecular weight is 220 g/mol. The predicted octanol–water partition coefficient (Wildman–Crippen LogP) is 2.05. The first-order chi connectivity index (χ1) is 7.70. The third-order valence-corrected chi connectivity index (χ3v) is 3.24. The van der Waals surface area contributed by atoms with Crippen molar-refractivity contribution in [1.82, 2.24) is 10.3 Å². The van der Waals surface area contributed by atoms with Gasteiger partial charge in [0.15, 0.2) is 0 Å². The Morgan fingerprint density at radius 3 is 3.12 bits per heavy atom. The topological polar surface area (TPSA) is 34.2 Å². The number of pyridine rings is 1. The molecule has 0 aromatic carbocycles. The second-order valence-corrected chi connectivity index (χ2v) is 4.84. The summed E-state index contributed by atoms with van der Waals surface area (Å²) in [5.74, 6) is 0. The molecule has 1 aliphatic heterocycles. The molecular formula is C13H20N2O. The lowest BCUT2D eigenvalue weighted by atomic mass is 9.95. The number of ether oxygens (including phenoxy) is 1. The second kappa shape index (κ2) is 4.93. The standard InChI is InChI=1S/C13H20N2O/c1-11-5-3-7-14-12(11)9-15-13(2)6-4-8-16-10-13/h3,5,7,15H,4,6,8-10H2,1-2H3. The van der Waals surface area contributed by atoms with E-state index >= 15 is 0 Å². The van der Waals surface area contributed by atoms with Gasteiger partial charge in [-0.15, -0.1) is 0 Å². The summed E-state index contributed by atoms with van der Waals surface area (Å²) in [5.41, 5.74) is 2.49. The van der Waals surface area contributed by atoms with Gasteiger partial charge < -0.3 is 10.1 Å². The Morgan fingerprint density at radius 2 is 2.44 bits per heavy atom. The lowest BCUT2D eigenvalue weighted by Crippen LogP contribution is -2.48. The quantitative estimate of drug-likeness (QED) is 0.846. The molecule has 3 nitrogen and oxygen atoms in total. The first-order valence-electron chi connectivity index (χ1n) is 5.93. The van der Waals surface area contributed by atoms with E-state index in [2.05, 4.69) is 30.2 Å². The number of aromatic nitrogens is 1. The smallest absolute Gasteiger partial charge is 0.0645 e. The van der Waals surface area contributed by atoms with Gasteiger partial charge in [0, 0.05) is 24.9 Å². The van der Waals surface area contributed by atoms with E-state index in [0.717, 1.165) is 31.9 Å². The molecule has 1 aromatic heterocycles. The Bertz CT molecular complexity index is 346. The molecule has 1 fully saturated rings. The average Bonchev–Trinajstić information content (AvgIpc) is 2.29. The maximum Gasteiger partial charge on any atom is 0.0645 e. The van der Waals surface area contributed by atoms with Crippen molar-refractivity contribution < 1.29 is 4.74 Å². The van der Waals surface area contributed by atoms with E-state index in [4.69, 9.17) is 4.74 Å². The van der Waals surface area contributed by atoms with Gasteiger partial charge in [-0.05, 0) is 38.3 Å². The molecule has 0 aliphatic carbocycles. The number of nitrogens with zero attached hydrogens (tertiary/aromatic N) is 1. The fourth-order valence-corrected chi connectivity index (χ4v) is 2.07. The van der Waals surface area contributed by atoms with Crippen molar-refractivity contribution in [3.8, 4) is 0 Å².